The Kier molecular flexibility index (Phi) is 3.02. The van der Waals surface area contributed by atoms with Crippen LogP contribution in [-0.4, -0.2) is 10.1 Å². The standard InChI is InChI=1S/C14H15NO/c1-10-7-11(2)9-12(8-10)14(16)13-5-3-4-6-15-13/h3-9,14,16H,1-2H3/t14-/m1/s1. The third kappa shape index (κ3) is 2.28. The van der Waals surface area contributed by atoms with Gasteiger partial charge in [0.1, 0.15) is 6.10 Å². The Morgan fingerprint density at radius 1 is 1.06 bits per heavy atom. The van der Waals surface area contributed by atoms with Crippen molar-refractivity contribution in [2.45, 2.75) is 20.0 Å². The van der Waals surface area contributed by atoms with Crippen molar-refractivity contribution in [3.8, 4) is 0 Å². The van der Waals surface area contributed by atoms with E-state index in [1.165, 1.54) is 0 Å². The monoisotopic (exact) mass is 213 g/mol. The molecule has 2 rings (SSSR count). The SMILES string of the molecule is Cc1cc(C)cc([C@@H](O)c2ccccn2)c1. The van der Waals surface area contributed by atoms with Crippen molar-refractivity contribution >= 4 is 0 Å². The Hall–Kier alpha value is -1.67. The maximum absolute atomic E-state index is 10.2. The second kappa shape index (κ2) is 4.45. The van der Waals surface area contributed by atoms with E-state index >= 15 is 0 Å². The number of hydrogen-bond acceptors (Lipinski definition) is 2. The largest absolute Gasteiger partial charge is 0.382 e. The fraction of sp³-hybridized carbons (Fsp3) is 0.214. The summed E-state index contributed by atoms with van der Waals surface area (Å²) in [4.78, 5) is 4.16. The maximum Gasteiger partial charge on any atom is 0.121 e. The number of hydrogen-bond donors (Lipinski definition) is 1. The van der Waals surface area contributed by atoms with Crippen molar-refractivity contribution in [3.05, 3.63) is 65.0 Å². The van der Waals surface area contributed by atoms with Gasteiger partial charge in [0.25, 0.3) is 0 Å². The summed E-state index contributed by atoms with van der Waals surface area (Å²) >= 11 is 0. The summed E-state index contributed by atoms with van der Waals surface area (Å²) in [6, 6.07) is 11.6. The minimum atomic E-state index is -0.639. The third-order valence-corrected chi connectivity index (χ3v) is 2.53. The summed E-state index contributed by atoms with van der Waals surface area (Å²) in [5, 5.41) is 10.2. The van der Waals surface area contributed by atoms with E-state index < -0.39 is 6.10 Å². The molecule has 0 radical (unpaired) electrons. The van der Waals surface area contributed by atoms with E-state index in [0.29, 0.717) is 5.69 Å². The van der Waals surface area contributed by atoms with E-state index in [2.05, 4.69) is 11.1 Å². The molecule has 1 aromatic heterocycles. The molecule has 16 heavy (non-hydrogen) atoms. The second-order valence-electron chi connectivity index (χ2n) is 4.08. The smallest absolute Gasteiger partial charge is 0.121 e. The van der Waals surface area contributed by atoms with Crippen molar-refractivity contribution in [2.24, 2.45) is 0 Å². The van der Waals surface area contributed by atoms with Crippen molar-refractivity contribution in [1.29, 1.82) is 0 Å². The zero-order valence-corrected chi connectivity index (χ0v) is 9.51. The molecule has 0 saturated heterocycles. The van der Waals surface area contributed by atoms with E-state index in [4.69, 9.17) is 0 Å². The van der Waals surface area contributed by atoms with Gasteiger partial charge in [-0.25, -0.2) is 0 Å². The van der Waals surface area contributed by atoms with E-state index in [-0.39, 0.29) is 0 Å². The van der Waals surface area contributed by atoms with Gasteiger partial charge in [-0.15, -0.1) is 0 Å². The average molecular weight is 213 g/mol. The molecule has 0 aliphatic heterocycles. The van der Waals surface area contributed by atoms with Crippen LogP contribution in [0, 0.1) is 13.8 Å². The number of aromatic nitrogens is 1. The number of pyridine rings is 1. The molecule has 1 N–H and O–H groups in total. The summed E-state index contributed by atoms with van der Waals surface area (Å²) in [6.45, 7) is 4.06. The lowest BCUT2D eigenvalue weighted by Crippen LogP contribution is -2.02. The first kappa shape index (κ1) is 10.8. The van der Waals surface area contributed by atoms with Crippen LogP contribution < -0.4 is 0 Å². The van der Waals surface area contributed by atoms with E-state index in [0.717, 1.165) is 16.7 Å². The lowest BCUT2D eigenvalue weighted by molar-refractivity contribution is 0.215. The number of aliphatic hydroxyl groups is 1. The van der Waals surface area contributed by atoms with Gasteiger partial charge in [0.15, 0.2) is 0 Å². The molecular weight excluding hydrogens is 198 g/mol. The minimum Gasteiger partial charge on any atom is -0.382 e. The number of nitrogens with zero attached hydrogens (tertiary/aromatic N) is 1. The van der Waals surface area contributed by atoms with Crippen LogP contribution in [0.15, 0.2) is 42.6 Å². The number of rotatable bonds is 2. The molecule has 0 amide bonds. The average Bonchev–Trinajstić information content (AvgIpc) is 2.28. The van der Waals surface area contributed by atoms with Crippen LogP contribution in [0.5, 0.6) is 0 Å². The summed E-state index contributed by atoms with van der Waals surface area (Å²) in [5.41, 5.74) is 3.90. The van der Waals surface area contributed by atoms with Gasteiger partial charge in [0.05, 0.1) is 5.69 Å². The second-order valence-corrected chi connectivity index (χ2v) is 4.08. The van der Waals surface area contributed by atoms with Gasteiger partial charge in [-0.05, 0) is 31.5 Å². The molecule has 1 atom stereocenters. The Morgan fingerprint density at radius 2 is 1.75 bits per heavy atom. The predicted octanol–water partition coefficient (Wildman–Crippen LogP) is 2.78. The van der Waals surface area contributed by atoms with E-state index in [9.17, 15) is 5.11 Å². The lowest BCUT2D eigenvalue weighted by atomic mass is 10.0. The maximum atomic E-state index is 10.2. The van der Waals surface area contributed by atoms with Crippen molar-refractivity contribution in [2.75, 3.05) is 0 Å². The summed E-state index contributed by atoms with van der Waals surface area (Å²) in [5.74, 6) is 0. The molecular formula is C14H15NO. The fourth-order valence-electron chi connectivity index (χ4n) is 1.88. The fourth-order valence-corrected chi connectivity index (χ4v) is 1.88. The Balaban J connectivity index is 2.37. The third-order valence-electron chi connectivity index (χ3n) is 2.53. The van der Waals surface area contributed by atoms with Crippen LogP contribution in [0.25, 0.3) is 0 Å². The van der Waals surface area contributed by atoms with Gasteiger partial charge < -0.3 is 5.11 Å². The minimum absolute atomic E-state index is 0.639. The summed E-state index contributed by atoms with van der Waals surface area (Å²) in [6.07, 6.45) is 1.06. The Morgan fingerprint density at radius 3 is 2.31 bits per heavy atom. The Labute approximate surface area is 95.6 Å². The summed E-state index contributed by atoms with van der Waals surface area (Å²) in [7, 11) is 0. The van der Waals surface area contributed by atoms with Crippen LogP contribution in [0.2, 0.25) is 0 Å². The van der Waals surface area contributed by atoms with Gasteiger partial charge in [0, 0.05) is 6.20 Å². The van der Waals surface area contributed by atoms with Crippen LogP contribution in [-0.2, 0) is 0 Å². The molecule has 82 valence electrons. The summed E-state index contributed by atoms with van der Waals surface area (Å²) < 4.78 is 0. The molecule has 0 saturated carbocycles. The molecule has 1 heterocycles. The molecule has 0 spiro atoms. The molecule has 1 aromatic carbocycles. The predicted molar refractivity (Wildman–Crippen MR) is 64.2 cm³/mol. The van der Waals surface area contributed by atoms with Crippen molar-refractivity contribution < 1.29 is 5.11 Å². The highest BCUT2D eigenvalue weighted by atomic mass is 16.3. The van der Waals surface area contributed by atoms with Crippen LogP contribution in [0.1, 0.15) is 28.5 Å². The molecule has 0 unspecified atom stereocenters. The quantitative estimate of drug-likeness (QED) is 0.832. The van der Waals surface area contributed by atoms with E-state index in [1.807, 2.05) is 44.2 Å². The van der Waals surface area contributed by atoms with Gasteiger partial charge in [-0.3, -0.25) is 4.98 Å². The highest BCUT2D eigenvalue weighted by Gasteiger charge is 2.11. The zero-order chi connectivity index (χ0) is 11.5. The number of benzene rings is 1. The van der Waals surface area contributed by atoms with Gasteiger partial charge in [-0.2, -0.15) is 0 Å². The number of aliphatic hydroxyl groups excluding tert-OH is 1. The molecule has 0 bridgehead atoms. The highest BCUT2D eigenvalue weighted by Crippen LogP contribution is 2.21. The normalized spacial score (nSPS) is 12.4. The number of aryl methyl sites for hydroxylation is 2. The topological polar surface area (TPSA) is 33.1 Å². The highest BCUT2D eigenvalue weighted by molar-refractivity contribution is 5.33. The first-order valence-electron chi connectivity index (χ1n) is 5.34. The first-order valence-corrected chi connectivity index (χ1v) is 5.34. The molecule has 0 aliphatic rings. The van der Waals surface area contributed by atoms with Crippen molar-refractivity contribution in [3.63, 3.8) is 0 Å². The molecule has 0 fully saturated rings. The van der Waals surface area contributed by atoms with Gasteiger partial charge in [0.2, 0.25) is 0 Å². The van der Waals surface area contributed by atoms with E-state index in [1.54, 1.807) is 6.20 Å². The Bertz CT molecular complexity index is 459. The van der Waals surface area contributed by atoms with Crippen molar-refractivity contribution in [1.82, 2.24) is 4.98 Å². The first-order chi connectivity index (χ1) is 7.66. The molecule has 2 heteroatoms. The molecule has 2 aromatic rings. The van der Waals surface area contributed by atoms with Crippen LogP contribution >= 0.6 is 0 Å². The molecule has 2 nitrogen and oxygen atoms in total. The zero-order valence-electron chi connectivity index (χ0n) is 9.51. The van der Waals surface area contributed by atoms with Gasteiger partial charge in [-0.1, -0.05) is 35.4 Å². The molecule has 0 aliphatic carbocycles. The van der Waals surface area contributed by atoms with Gasteiger partial charge >= 0.3 is 0 Å². The van der Waals surface area contributed by atoms with Crippen LogP contribution in [0.3, 0.4) is 0 Å². The lowest BCUT2D eigenvalue weighted by Gasteiger charge is -2.12. The van der Waals surface area contributed by atoms with Crippen LogP contribution in [0.4, 0.5) is 0 Å².